The molecular weight excluding hydrogens is 352 g/mol. The van der Waals surface area contributed by atoms with Crippen molar-refractivity contribution < 1.29 is 9.53 Å². The highest BCUT2D eigenvalue weighted by Gasteiger charge is 2.21. The van der Waals surface area contributed by atoms with Gasteiger partial charge in [0.1, 0.15) is 5.69 Å². The standard InChI is InChI=1S/C22H24N4O2/c27-22(20-15-19(24-25-20)17-7-3-1-4-8-17)23-21(18-9-5-2-6-10-18)16-26-11-13-28-14-12-26/h1-10,15,21H,11-14,16H2,(H,23,27)(H,24,25)/t21-/m1/s1. The molecule has 1 amide bonds. The first kappa shape index (κ1) is 18.4. The van der Waals surface area contributed by atoms with E-state index in [1.807, 2.05) is 60.7 Å². The normalized spacial score (nSPS) is 15.9. The van der Waals surface area contributed by atoms with Gasteiger partial charge in [-0.2, -0.15) is 5.10 Å². The van der Waals surface area contributed by atoms with E-state index in [1.165, 1.54) is 0 Å². The summed E-state index contributed by atoms with van der Waals surface area (Å²) < 4.78 is 5.44. The minimum atomic E-state index is -0.156. The second-order valence-electron chi connectivity index (χ2n) is 6.88. The first-order chi connectivity index (χ1) is 13.8. The Morgan fingerprint density at radius 3 is 2.46 bits per heavy atom. The van der Waals surface area contributed by atoms with Gasteiger partial charge in [-0.15, -0.1) is 0 Å². The Bertz CT molecular complexity index is 889. The molecule has 6 nitrogen and oxygen atoms in total. The smallest absolute Gasteiger partial charge is 0.269 e. The zero-order chi connectivity index (χ0) is 19.2. The van der Waals surface area contributed by atoms with Gasteiger partial charge >= 0.3 is 0 Å². The number of amides is 1. The first-order valence-corrected chi connectivity index (χ1v) is 9.56. The molecule has 6 heteroatoms. The second kappa shape index (κ2) is 8.82. The van der Waals surface area contributed by atoms with Gasteiger partial charge in [0.25, 0.3) is 5.91 Å². The predicted octanol–water partition coefficient (Wildman–Crippen LogP) is 2.88. The van der Waals surface area contributed by atoms with Gasteiger partial charge in [0.2, 0.25) is 0 Å². The van der Waals surface area contributed by atoms with Crippen molar-refractivity contribution in [3.63, 3.8) is 0 Å². The number of hydrogen-bond acceptors (Lipinski definition) is 4. The van der Waals surface area contributed by atoms with E-state index in [1.54, 1.807) is 6.07 Å². The van der Waals surface area contributed by atoms with Crippen LogP contribution in [-0.2, 0) is 4.74 Å². The molecule has 28 heavy (non-hydrogen) atoms. The third kappa shape index (κ3) is 4.47. The van der Waals surface area contributed by atoms with Crippen molar-refractivity contribution in [2.24, 2.45) is 0 Å². The maximum atomic E-state index is 12.9. The van der Waals surface area contributed by atoms with Crippen LogP contribution in [0.5, 0.6) is 0 Å². The van der Waals surface area contributed by atoms with E-state index in [-0.39, 0.29) is 11.9 Å². The lowest BCUT2D eigenvalue weighted by Gasteiger charge is -2.31. The molecular formula is C22H24N4O2. The predicted molar refractivity (Wildman–Crippen MR) is 108 cm³/mol. The summed E-state index contributed by atoms with van der Waals surface area (Å²) in [5.74, 6) is -0.156. The number of nitrogens with zero attached hydrogens (tertiary/aromatic N) is 2. The van der Waals surface area contributed by atoms with Crippen LogP contribution in [0.2, 0.25) is 0 Å². The Kier molecular flexibility index (Phi) is 5.80. The first-order valence-electron chi connectivity index (χ1n) is 9.56. The van der Waals surface area contributed by atoms with Crippen molar-refractivity contribution >= 4 is 5.91 Å². The maximum Gasteiger partial charge on any atom is 0.269 e. The molecule has 1 fully saturated rings. The number of rotatable bonds is 6. The number of aromatic amines is 1. The van der Waals surface area contributed by atoms with Gasteiger partial charge in [-0.1, -0.05) is 60.7 Å². The van der Waals surface area contributed by atoms with Gasteiger partial charge in [0.05, 0.1) is 24.9 Å². The molecule has 0 radical (unpaired) electrons. The van der Waals surface area contributed by atoms with Crippen molar-refractivity contribution in [2.75, 3.05) is 32.8 Å². The maximum absolute atomic E-state index is 12.9. The number of H-pyrrole nitrogens is 1. The average Bonchev–Trinajstić information content (AvgIpc) is 3.26. The third-order valence-corrected chi connectivity index (χ3v) is 4.94. The zero-order valence-corrected chi connectivity index (χ0v) is 15.7. The number of carbonyl (C=O) groups excluding carboxylic acids is 1. The summed E-state index contributed by atoms with van der Waals surface area (Å²) in [6.07, 6.45) is 0. The van der Waals surface area contributed by atoms with Gasteiger partial charge in [0.15, 0.2) is 0 Å². The van der Waals surface area contributed by atoms with E-state index in [0.717, 1.165) is 49.7 Å². The van der Waals surface area contributed by atoms with Crippen LogP contribution < -0.4 is 5.32 Å². The number of nitrogens with one attached hydrogen (secondary N) is 2. The lowest BCUT2D eigenvalue weighted by atomic mass is 10.1. The van der Waals surface area contributed by atoms with E-state index >= 15 is 0 Å². The molecule has 0 spiro atoms. The molecule has 0 unspecified atom stereocenters. The van der Waals surface area contributed by atoms with E-state index < -0.39 is 0 Å². The van der Waals surface area contributed by atoms with Gasteiger partial charge in [-0.3, -0.25) is 14.8 Å². The van der Waals surface area contributed by atoms with Crippen LogP contribution >= 0.6 is 0 Å². The Morgan fingerprint density at radius 2 is 1.75 bits per heavy atom. The fourth-order valence-corrected chi connectivity index (χ4v) is 3.39. The molecule has 3 aromatic rings. The minimum Gasteiger partial charge on any atom is -0.379 e. The number of aromatic nitrogens is 2. The van der Waals surface area contributed by atoms with E-state index in [9.17, 15) is 4.79 Å². The molecule has 0 saturated carbocycles. The molecule has 1 atom stereocenters. The quantitative estimate of drug-likeness (QED) is 0.694. The highest BCUT2D eigenvalue weighted by molar-refractivity contribution is 5.93. The lowest BCUT2D eigenvalue weighted by molar-refractivity contribution is 0.0332. The van der Waals surface area contributed by atoms with Crippen molar-refractivity contribution in [3.8, 4) is 11.3 Å². The fraction of sp³-hybridized carbons (Fsp3) is 0.273. The van der Waals surface area contributed by atoms with E-state index in [2.05, 4.69) is 20.4 Å². The highest BCUT2D eigenvalue weighted by Crippen LogP contribution is 2.19. The summed E-state index contributed by atoms with van der Waals surface area (Å²) in [4.78, 5) is 15.2. The van der Waals surface area contributed by atoms with Crippen LogP contribution in [0, 0.1) is 0 Å². The second-order valence-corrected chi connectivity index (χ2v) is 6.88. The Labute approximate surface area is 164 Å². The average molecular weight is 376 g/mol. The Morgan fingerprint density at radius 1 is 1.07 bits per heavy atom. The molecule has 2 aromatic carbocycles. The number of benzene rings is 2. The van der Waals surface area contributed by atoms with Crippen LogP contribution in [0.1, 0.15) is 22.1 Å². The molecule has 2 heterocycles. The van der Waals surface area contributed by atoms with Crippen LogP contribution in [0.4, 0.5) is 0 Å². The largest absolute Gasteiger partial charge is 0.379 e. The third-order valence-electron chi connectivity index (χ3n) is 4.94. The van der Waals surface area contributed by atoms with Crippen LogP contribution in [0.25, 0.3) is 11.3 Å². The molecule has 4 rings (SSSR count). The summed E-state index contributed by atoms with van der Waals surface area (Å²) in [7, 11) is 0. The minimum absolute atomic E-state index is 0.102. The summed E-state index contributed by atoms with van der Waals surface area (Å²) in [5, 5.41) is 10.3. The Hall–Kier alpha value is -2.96. The van der Waals surface area contributed by atoms with Gasteiger partial charge in [-0.05, 0) is 11.6 Å². The number of hydrogen-bond donors (Lipinski definition) is 2. The fourth-order valence-electron chi connectivity index (χ4n) is 3.39. The van der Waals surface area contributed by atoms with Gasteiger partial charge in [-0.25, -0.2) is 0 Å². The van der Waals surface area contributed by atoms with Crippen molar-refractivity contribution in [1.29, 1.82) is 0 Å². The molecule has 0 aliphatic carbocycles. The molecule has 1 aliphatic rings. The number of ether oxygens (including phenoxy) is 1. The monoisotopic (exact) mass is 376 g/mol. The Balaban J connectivity index is 1.49. The number of morpholine rings is 1. The van der Waals surface area contributed by atoms with Crippen LogP contribution in [0.3, 0.4) is 0 Å². The molecule has 0 bridgehead atoms. The van der Waals surface area contributed by atoms with Gasteiger partial charge < -0.3 is 10.1 Å². The summed E-state index contributed by atoms with van der Waals surface area (Å²) in [6, 6.07) is 21.6. The molecule has 2 N–H and O–H groups in total. The SMILES string of the molecule is O=C(N[C@H](CN1CCOCC1)c1ccccc1)c1cc(-c2ccccc2)n[nH]1. The van der Waals surface area contributed by atoms with Crippen LogP contribution in [-0.4, -0.2) is 53.9 Å². The zero-order valence-electron chi connectivity index (χ0n) is 15.7. The van der Waals surface area contributed by atoms with Gasteiger partial charge in [0, 0.05) is 25.2 Å². The molecule has 1 aromatic heterocycles. The van der Waals surface area contributed by atoms with E-state index in [4.69, 9.17) is 4.74 Å². The van der Waals surface area contributed by atoms with Crippen LogP contribution in [0.15, 0.2) is 66.7 Å². The molecule has 1 aliphatic heterocycles. The van der Waals surface area contributed by atoms with E-state index in [0.29, 0.717) is 5.69 Å². The van der Waals surface area contributed by atoms with Crippen molar-refractivity contribution in [2.45, 2.75) is 6.04 Å². The number of carbonyl (C=O) groups is 1. The topological polar surface area (TPSA) is 70.2 Å². The van der Waals surface area contributed by atoms with Crippen molar-refractivity contribution in [3.05, 3.63) is 78.0 Å². The summed E-state index contributed by atoms with van der Waals surface area (Å²) in [6.45, 7) is 3.97. The summed E-state index contributed by atoms with van der Waals surface area (Å²) >= 11 is 0. The highest BCUT2D eigenvalue weighted by atomic mass is 16.5. The van der Waals surface area contributed by atoms with Crippen molar-refractivity contribution in [1.82, 2.24) is 20.4 Å². The summed E-state index contributed by atoms with van der Waals surface area (Å²) in [5.41, 5.74) is 3.29. The lowest BCUT2D eigenvalue weighted by Crippen LogP contribution is -2.43. The molecule has 144 valence electrons. The molecule has 1 saturated heterocycles.